The average Bonchev–Trinajstić information content (AvgIpc) is 3.06. The molecule has 2 heterocycles. The van der Waals surface area contributed by atoms with Gasteiger partial charge in [-0.15, -0.1) is 0 Å². The molecule has 8 nitrogen and oxygen atoms in total. The van der Waals surface area contributed by atoms with E-state index >= 15 is 0 Å². The topological polar surface area (TPSA) is 114 Å². The maximum absolute atomic E-state index is 12.2. The van der Waals surface area contributed by atoms with E-state index in [2.05, 4.69) is 10.1 Å². The summed E-state index contributed by atoms with van der Waals surface area (Å²) in [6.45, 7) is 0.0942. The molecule has 1 aromatic heterocycles. The molecule has 21 heavy (non-hydrogen) atoms. The molecule has 2 aromatic rings. The van der Waals surface area contributed by atoms with Crippen LogP contribution < -0.4 is 0 Å². The lowest BCUT2D eigenvalue weighted by Crippen LogP contribution is -2.31. The highest BCUT2D eigenvalue weighted by atomic mass is 16.5. The van der Waals surface area contributed by atoms with Crippen molar-refractivity contribution in [3.05, 3.63) is 47.1 Å². The van der Waals surface area contributed by atoms with Crippen molar-refractivity contribution in [2.24, 2.45) is 0 Å². The fourth-order valence-electron chi connectivity index (χ4n) is 2.14. The number of nitrogens with zero attached hydrogens (tertiary/aromatic N) is 3. The minimum absolute atomic E-state index is 0.0337. The number of carbonyl (C=O) groups is 3. The first-order chi connectivity index (χ1) is 10.1. The Kier molecular flexibility index (Phi) is 2.98. The van der Waals surface area contributed by atoms with E-state index in [-0.39, 0.29) is 29.7 Å². The van der Waals surface area contributed by atoms with Crippen molar-refractivity contribution >= 4 is 17.8 Å². The SMILES string of the molecule is O=C(O)c1ccc2c(c1)C(=O)N(CCc1ncno1)C2=O. The molecule has 2 amide bonds. The fraction of sp³-hybridized carbons (Fsp3) is 0.154. The molecule has 1 aliphatic heterocycles. The lowest BCUT2D eigenvalue weighted by molar-refractivity contribution is 0.0651. The van der Waals surface area contributed by atoms with E-state index in [1.807, 2.05) is 0 Å². The molecule has 1 aromatic carbocycles. The summed E-state index contributed by atoms with van der Waals surface area (Å²) >= 11 is 0. The first-order valence-corrected chi connectivity index (χ1v) is 6.07. The fourth-order valence-corrected chi connectivity index (χ4v) is 2.14. The average molecular weight is 287 g/mol. The maximum atomic E-state index is 12.2. The van der Waals surface area contributed by atoms with Crippen LogP contribution in [0.3, 0.4) is 0 Å². The van der Waals surface area contributed by atoms with Gasteiger partial charge in [-0.3, -0.25) is 14.5 Å². The Bertz CT molecular complexity index is 738. The van der Waals surface area contributed by atoms with Gasteiger partial charge >= 0.3 is 5.97 Å². The molecule has 0 radical (unpaired) electrons. The number of amides is 2. The summed E-state index contributed by atoms with van der Waals surface area (Å²) in [5.74, 6) is -1.80. The molecule has 3 rings (SSSR count). The molecule has 0 aliphatic carbocycles. The van der Waals surface area contributed by atoms with Crippen LogP contribution in [0.15, 0.2) is 29.0 Å². The zero-order chi connectivity index (χ0) is 15.0. The van der Waals surface area contributed by atoms with Crippen LogP contribution in [0.1, 0.15) is 37.0 Å². The molecule has 0 unspecified atom stereocenters. The second-order valence-electron chi connectivity index (χ2n) is 4.41. The molecular formula is C13H9N3O5. The maximum Gasteiger partial charge on any atom is 0.335 e. The molecule has 106 valence electrons. The Morgan fingerprint density at radius 2 is 2.00 bits per heavy atom. The van der Waals surface area contributed by atoms with Crippen LogP contribution in [-0.2, 0) is 6.42 Å². The van der Waals surface area contributed by atoms with Gasteiger partial charge in [0, 0.05) is 13.0 Å². The number of fused-ring (bicyclic) bond motifs is 1. The molecular weight excluding hydrogens is 278 g/mol. The van der Waals surface area contributed by atoms with Crippen molar-refractivity contribution in [3.8, 4) is 0 Å². The van der Waals surface area contributed by atoms with Crippen LogP contribution in [0, 0.1) is 0 Å². The summed E-state index contributed by atoms with van der Waals surface area (Å²) in [6, 6.07) is 3.87. The number of carboxylic acids is 1. The lowest BCUT2D eigenvalue weighted by atomic mass is 10.1. The molecule has 0 bridgehead atoms. The molecule has 0 fully saturated rings. The van der Waals surface area contributed by atoms with Crippen LogP contribution in [0.2, 0.25) is 0 Å². The molecule has 1 aliphatic rings. The number of rotatable bonds is 4. The van der Waals surface area contributed by atoms with Crippen molar-refractivity contribution in [3.63, 3.8) is 0 Å². The van der Waals surface area contributed by atoms with Crippen LogP contribution in [-0.4, -0.2) is 44.5 Å². The molecule has 0 saturated carbocycles. The Morgan fingerprint density at radius 1 is 1.24 bits per heavy atom. The number of hydrogen-bond donors (Lipinski definition) is 1. The summed E-state index contributed by atoms with van der Waals surface area (Å²) < 4.78 is 4.80. The minimum atomic E-state index is -1.15. The van der Waals surface area contributed by atoms with Gasteiger partial charge in [-0.2, -0.15) is 4.98 Å². The third-order valence-electron chi connectivity index (χ3n) is 3.17. The van der Waals surface area contributed by atoms with E-state index in [9.17, 15) is 14.4 Å². The molecule has 8 heteroatoms. The largest absolute Gasteiger partial charge is 0.478 e. The van der Waals surface area contributed by atoms with Gasteiger partial charge in [-0.25, -0.2) is 4.79 Å². The number of aromatic nitrogens is 2. The summed E-state index contributed by atoms with van der Waals surface area (Å²) in [5, 5.41) is 12.4. The second kappa shape index (κ2) is 4.82. The van der Waals surface area contributed by atoms with Crippen LogP contribution in [0.4, 0.5) is 0 Å². The zero-order valence-corrected chi connectivity index (χ0v) is 10.6. The van der Waals surface area contributed by atoms with Crippen LogP contribution in [0.5, 0.6) is 0 Å². The molecule has 0 saturated heterocycles. The van der Waals surface area contributed by atoms with E-state index in [4.69, 9.17) is 9.63 Å². The van der Waals surface area contributed by atoms with E-state index in [1.54, 1.807) is 0 Å². The van der Waals surface area contributed by atoms with Crippen molar-refractivity contribution in [2.75, 3.05) is 6.54 Å². The van der Waals surface area contributed by atoms with Crippen LogP contribution >= 0.6 is 0 Å². The first-order valence-electron chi connectivity index (χ1n) is 6.07. The first kappa shape index (κ1) is 13.0. The second-order valence-corrected chi connectivity index (χ2v) is 4.41. The molecule has 1 N–H and O–H groups in total. The van der Waals surface area contributed by atoms with Gasteiger partial charge in [0.05, 0.1) is 16.7 Å². The normalized spacial score (nSPS) is 13.6. The standard InChI is InChI=1S/C13H9N3O5/c17-11-8-2-1-7(13(19)20)5-9(8)12(18)16(11)4-3-10-14-6-15-21-10/h1-2,5-6H,3-4H2,(H,19,20). The smallest absolute Gasteiger partial charge is 0.335 e. The molecule has 0 spiro atoms. The minimum Gasteiger partial charge on any atom is -0.478 e. The summed E-state index contributed by atoms with van der Waals surface area (Å²) in [5.41, 5.74) is 0.273. The highest BCUT2D eigenvalue weighted by Crippen LogP contribution is 2.24. The monoisotopic (exact) mass is 287 g/mol. The number of aromatic carboxylic acids is 1. The number of benzene rings is 1. The summed E-state index contributed by atoms with van der Waals surface area (Å²) in [7, 11) is 0. The van der Waals surface area contributed by atoms with Gasteiger partial charge in [0.25, 0.3) is 11.8 Å². The highest BCUT2D eigenvalue weighted by molar-refractivity contribution is 6.21. The van der Waals surface area contributed by atoms with Crippen LogP contribution in [0.25, 0.3) is 0 Å². The zero-order valence-electron chi connectivity index (χ0n) is 10.6. The van der Waals surface area contributed by atoms with E-state index in [0.29, 0.717) is 5.89 Å². The Morgan fingerprint density at radius 3 is 2.67 bits per heavy atom. The lowest BCUT2D eigenvalue weighted by Gasteiger charge is -2.11. The van der Waals surface area contributed by atoms with Crippen molar-refractivity contribution < 1.29 is 24.0 Å². The third-order valence-corrected chi connectivity index (χ3v) is 3.17. The predicted molar refractivity (Wildman–Crippen MR) is 66.8 cm³/mol. The molecule has 0 atom stereocenters. The van der Waals surface area contributed by atoms with Gasteiger partial charge in [-0.05, 0) is 18.2 Å². The predicted octanol–water partition coefficient (Wildman–Crippen LogP) is 0.607. The van der Waals surface area contributed by atoms with Crippen molar-refractivity contribution in [1.29, 1.82) is 0 Å². The van der Waals surface area contributed by atoms with Gasteiger partial charge < -0.3 is 9.63 Å². The van der Waals surface area contributed by atoms with Gasteiger partial charge in [-0.1, -0.05) is 5.16 Å². The number of carbonyl (C=O) groups excluding carboxylic acids is 2. The summed E-state index contributed by atoms with van der Waals surface area (Å²) in [6.07, 6.45) is 1.48. The van der Waals surface area contributed by atoms with E-state index < -0.39 is 17.8 Å². The quantitative estimate of drug-likeness (QED) is 0.819. The summed E-state index contributed by atoms with van der Waals surface area (Å²) in [4.78, 5) is 40.1. The van der Waals surface area contributed by atoms with E-state index in [0.717, 1.165) is 4.90 Å². The third kappa shape index (κ3) is 2.16. The van der Waals surface area contributed by atoms with Crippen molar-refractivity contribution in [1.82, 2.24) is 15.0 Å². The number of carboxylic acid groups (broad SMARTS) is 1. The Balaban J connectivity index is 1.84. The Hall–Kier alpha value is -3.03. The van der Waals surface area contributed by atoms with Crippen molar-refractivity contribution in [2.45, 2.75) is 6.42 Å². The number of imide groups is 1. The van der Waals surface area contributed by atoms with Gasteiger partial charge in [0.15, 0.2) is 6.33 Å². The van der Waals surface area contributed by atoms with E-state index in [1.165, 1.54) is 24.5 Å². The van der Waals surface area contributed by atoms with Gasteiger partial charge in [0.1, 0.15) is 0 Å². The number of hydrogen-bond acceptors (Lipinski definition) is 6. The van der Waals surface area contributed by atoms with Gasteiger partial charge in [0.2, 0.25) is 5.89 Å². The highest BCUT2D eigenvalue weighted by Gasteiger charge is 2.35. The Labute approximate surface area is 118 Å².